The van der Waals surface area contributed by atoms with E-state index in [4.69, 9.17) is 16.3 Å². The molecule has 2 rings (SSSR count). The Morgan fingerprint density at radius 3 is 2.70 bits per heavy atom. The van der Waals surface area contributed by atoms with Gasteiger partial charge >= 0.3 is 0 Å². The summed E-state index contributed by atoms with van der Waals surface area (Å²) in [7, 11) is 1.41. The normalized spacial score (nSPS) is 10.7. The Bertz CT molecular complexity index is 663. The van der Waals surface area contributed by atoms with E-state index in [1.165, 1.54) is 19.3 Å². The average molecular weight is 289 g/mol. The highest BCUT2D eigenvalue weighted by Crippen LogP contribution is 2.30. The molecule has 0 amide bonds. The summed E-state index contributed by atoms with van der Waals surface area (Å²) >= 11 is 5.87. The van der Waals surface area contributed by atoms with Gasteiger partial charge in [0.2, 0.25) is 0 Å². The van der Waals surface area contributed by atoms with Crippen molar-refractivity contribution in [3.63, 3.8) is 0 Å². The van der Waals surface area contributed by atoms with Crippen LogP contribution in [0, 0.1) is 0 Å². The summed E-state index contributed by atoms with van der Waals surface area (Å²) in [5, 5.41) is 10.2. The molecule has 0 radical (unpaired) electrons. The van der Waals surface area contributed by atoms with Crippen molar-refractivity contribution >= 4 is 23.5 Å². The summed E-state index contributed by atoms with van der Waals surface area (Å²) in [5.74, 6) is -0.138. The van der Waals surface area contributed by atoms with Crippen molar-refractivity contribution < 1.29 is 14.6 Å². The number of allylic oxidation sites excluding steroid dienone is 1. The lowest BCUT2D eigenvalue weighted by atomic mass is 10.1. The van der Waals surface area contributed by atoms with Crippen LogP contribution >= 0.6 is 11.6 Å². The molecule has 0 atom stereocenters. The minimum Gasteiger partial charge on any atom is -0.504 e. The molecule has 0 saturated carbocycles. The molecule has 0 saturated heterocycles. The van der Waals surface area contributed by atoms with E-state index >= 15 is 0 Å². The largest absolute Gasteiger partial charge is 0.504 e. The van der Waals surface area contributed by atoms with Crippen molar-refractivity contribution in [2.75, 3.05) is 7.11 Å². The zero-order chi connectivity index (χ0) is 14.5. The van der Waals surface area contributed by atoms with Crippen LogP contribution in [0.25, 0.3) is 6.08 Å². The first-order valence-corrected chi connectivity index (χ1v) is 6.33. The molecular weight excluding hydrogens is 276 g/mol. The minimum atomic E-state index is -0.252. The van der Waals surface area contributed by atoms with Crippen LogP contribution < -0.4 is 4.74 Å². The highest BCUT2D eigenvalue weighted by molar-refractivity contribution is 6.30. The number of aromatic hydroxyl groups is 1. The van der Waals surface area contributed by atoms with Crippen molar-refractivity contribution in [1.82, 2.24) is 0 Å². The number of phenolic OH excluding ortho intramolecular Hbond substituents is 1. The molecule has 20 heavy (non-hydrogen) atoms. The van der Waals surface area contributed by atoms with Gasteiger partial charge in [0, 0.05) is 5.02 Å². The van der Waals surface area contributed by atoms with Crippen molar-refractivity contribution in [3.8, 4) is 11.5 Å². The van der Waals surface area contributed by atoms with Gasteiger partial charge in [-0.3, -0.25) is 4.79 Å². The second-order valence-corrected chi connectivity index (χ2v) is 4.55. The smallest absolute Gasteiger partial charge is 0.189 e. The Morgan fingerprint density at radius 1 is 1.25 bits per heavy atom. The zero-order valence-corrected chi connectivity index (χ0v) is 11.6. The number of carbonyl (C=O) groups is 1. The van der Waals surface area contributed by atoms with Gasteiger partial charge in [-0.2, -0.15) is 0 Å². The number of para-hydroxylation sites is 1. The van der Waals surface area contributed by atoms with Gasteiger partial charge in [0.15, 0.2) is 17.3 Å². The first kappa shape index (κ1) is 14.2. The molecule has 2 aromatic rings. The van der Waals surface area contributed by atoms with E-state index in [0.717, 1.165) is 5.56 Å². The van der Waals surface area contributed by atoms with E-state index in [1.807, 2.05) is 6.07 Å². The van der Waals surface area contributed by atoms with Crippen molar-refractivity contribution in [1.29, 1.82) is 0 Å². The van der Waals surface area contributed by atoms with Crippen LogP contribution in [-0.2, 0) is 0 Å². The number of ether oxygens (including phenoxy) is 1. The summed E-state index contributed by atoms with van der Waals surface area (Å²) in [6, 6.07) is 11.8. The van der Waals surface area contributed by atoms with Crippen molar-refractivity contribution in [2.24, 2.45) is 0 Å². The van der Waals surface area contributed by atoms with Gasteiger partial charge < -0.3 is 9.84 Å². The second-order valence-electron chi connectivity index (χ2n) is 4.11. The average Bonchev–Trinajstić information content (AvgIpc) is 2.44. The van der Waals surface area contributed by atoms with Crippen LogP contribution in [0.4, 0.5) is 0 Å². The lowest BCUT2D eigenvalue weighted by Crippen LogP contribution is -1.98. The van der Waals surface area contributed by atoms with E-state index in [2.05, 4.69) is 0 Å². The number of hydrogen-bond donors (Lipinski definition) is 1. The van der Waals surface area contributed by atoms with Gasteiger partial charge in [0.25, 0.3) is 0 Å². The fraction of sp³-hybridized carbons (Fsp3) is 0.0625. The molecule has 4 heteroatoms. The zero-order valence-electron chi connectivity index (χ0n) is 10.8. The van der Waals surface area contributed by atoms with Gasteiger partial charge in [-0.25, -0.2) is 0 Å². The fourth-order valence-electron chi connectivity index (χ4n) is 1.81. The topological polar surface area (TPSA) is 46.5 Å². The molecular formula is C16H13ClO3. The number of halogens is 1. The van der Waals surface area contributed by atoms with E-state index in [0.29, 0.717) is 10.6 Å². The van der Waals surface area contributed by atoms with E-state index < -0.39 is 0 Å². The summed E-state index contributed by atoms with van der Waals surface area (Å²) in [5.41, 5.74) is 1.13. The van der Waals surface area contributed by atoms with Crippen LogP contribution in [0.1, 0.15) is 15.9 Å². The number of ketones is 1. The molecule has 0 aliphatic carbocycles. The molecule has 1 N–H and O–H groups in total. The second kappa shape index (κ2) is 6.26. The molecule has 3 nitrogen and oxygen atoms in total. The van der Waals surface area contributed by atoms with E-state index in [-0.39, 0.29) is 17.3 Å². The SMILES string of the molecule is COc1c(O)cccc1C(=O)C=Cc1cccc(Cl)c1. The number of phenols is 1. The van der Waals surface area contributed by atoms with Crippen LogP contribution in [-0.4, -0.2) is 18.0 Å². The van der Waals surface area contributed by atoms with Crippen molar-refractivity contribution in [3.05, 3.63) is 64.7 Å². The van der Waals surface area contributed by atoms with E-state index in [1.54, 1.807) is 36.4 Å². The molecule has 0 aliphatic heterocycles. The third kappa shape index (κ3) is 3.19. The lowest BCUT2D eigenvalue weighted by Gasteiger charge is -2.07. The lowest BCUT2D eigenvalue weighted by molar-refractivity contribution is 0.104. The van der Waals surface area contributed by atoms with Gasteiger partial charge in [-0.15, -0.1) is 0 Å². The number of methoxy groups -OCH3 is 1. The maximum absolute atomic E-state index is 12.1. The van der Waals surface area contributed by atoms with Gasteiger partial charge in [0.1, 0.15) is 0 Å². The molecule has 2 aromatic carbocycles. The maximum Gasteiger partial charge on any atom is 0.189 e. The maximum atomic E-state index is 12.1. The molecule has 0 spiro atoms. The Labute approximate surface area is 122 Å². The minimum absolute atomic E-state index is 0.0606. The van der Waals surface area contributed by atoms with E-state index in [9.17, 15) is 9.90 Å². The molecule has 0 fully saturated rings. The molecule has 102 valence electrons. The molecule has 0 unspecified atom stereocenters. The molecule has 0 heterocycles. The van der Waals surface area contributed by atoms with Gasteiger partial charge in [-0.05, 0) is 35.9 Å². The summed E-state index contributed by atoms with van der Waals surface area (Å²) in [4.78, 5) is 12.1. The Kier molecular flexibility index (Phi) is 4.43. The summed E-state index contributed by atoms with van der Waals surface area (Å²) in [6.07, 6.45) is 3.08. The number of benzene rings is 2. The number of carbonyl (C=O) groups excluding carboxylic acids is 1. The van der Waals surface area contributed by atoms with Gasteiger partial charge in [0.05, 0.1) is 12.7 Å². The van der Waals surface area contributed by atoms with Crippen LogP contribution in [0.5, 0.6) is 11.5 Å². The standard InChI is InChI=1S/C16H13ClO3/c1-20-16-13(6-3-7-15(16)19)14(18)9-8-11-4-2-5-12(17)10-11/h2-10,19H,1H3. The highest BCUT2D eigenvalue weighted by Gasteiger charge is 2.12. The summed E-state index contributed by atoms with van der Waals surface area (Å²) < 4.78 is 5.04. The molecule has 0 aliphatic rings. The monoisotopic (exact) mass is 288 g/mol. The predicted molar refractivity (Wildman–Crippen MR) is 79.5 cm³/mol. The summed E-state index contributed by atoms with van der Waals surface area (Å²) in [6.45, 7) is 0. The quantitative estimate of drug-likeness (QED) is 0.684. The fourth-order valence-corrected chi connectivity index (χ4v) is 2.00. The number of hydrogen-bond acceptors (Lipinski definition) is 3. The van der Waals surface area contributed by atoms with Crippen LogP contribution in [0.3, 0.4) is 0 Å². The Morgan fingerprint density at radius 2 is 2.00 bits per heavy atom. The predicted octanol–water partition coefficient (Wildman–Crippen LogP) is 3.95. The van der Waals surface area contributed by atoms with Gasteiger partial charge in [-0.1, -0.05) is 35.9 Å². The Hall–Kier alpha value is -2.26. The number of rotatable bonds is 4. The van der Waals surface area contributed by atoms with Crippen molar-refractivity contribution in [2.45, 2.75) is 0 Å². The highest BCUT2D eigenvalue weighted by atomic mass is 35.5. The first-order valence-electron chi connectivity index (χ1n) is 5.96. The Balaban J connectivity index is 2.27. The van der Waals surface area contributed by atoms with Crippen LogP contribution in [0.2, 0.25) is 5.02 Å². The first-order chi connectivity index (χ1) is 9.61. The third-order valence-electron chi connectivity index (χ3n) is 2.74. The molecule has 0 aromatic heterocycles. The van der Waals surface area contributed by atoms with Crippen LogP contribution in [0.15, 0.2) is 48.5 Å². The third-order valence-corrected chi connectivity index (χ3v) is 2.97. The molecule has 0 bridgehead atoms.